The van der Waals surface area contributed by atoms with Crippen LogP contribution in [0.15, 0.2) is 101 Å². The predicted octanol–water partition coefficient (Wildman–Crippen LogP) is 3.64. The van der Waals surface area contributed by atoms with E-state index in [1.165, 1.54) is 5.69 Å². The topological polar surface area (TPSA) is 65.0 Å². The molecular formula is C28H26ClN5O. The summed E-state index contributed by atoms with van der Waals surface area (Å²) < 4.78 is 2.24. The third kappa shape index (κ3) is 4.93. The minimum atomic E-state index is 0. The first-order valence-electron chi connectivity index (χ1n) is 11.5. The average molecular weight is 484 g/mol. The van der Waals surface area contributed by atoms with Crippen molar-refractivity contribution in [1.29, 1.82) is 0 Å². The fourth-order valence-corrected chi connectivity index (χ4v) is 4.17. The van der Waals surface area contributed by atoms with Gasteiger partial charge in [0.1, 0.15) is 16.8 Å². The standard InChI is InChI=1S/C28H25N5O.ClH/c1-3-32(4-2)23-13-17-26-28(19-23)33(22-8-6-5-7-9-22)27-18-21(12-16-25(27)29-26)31-30-20-10-14-24(34)15-11-20;/h5-19H,3-4H2,1-2H3;1H. The molecule has 0 aliphatic carbocycles. The van der Waals surface area contributed by atoms with E-state index >= 15 is 0 Å². The molecule has 7 heteroatoms. The summed E-state index contributed by atoms with van der Waals surface area (Å²) in [6.07, 6.45) is 0. The number of benzene rings is 4. The lowest BCUT2D eigenvalue weighted by molar-refractivity contribution is -0.538. The summed E-state index contributed by atoms with van der Waals surface area (Å²) in [5, 5.41) is 18.2. The molecule has 176 valence electrons. The Hall–Kier alpha value is -4.03. The van der Waals surface area contributed by atoms with Gasteiger partial charge in [-0.1, -0.05) is 18.2 Å². The zero-order valence-electron chi connectivity index (χ0n) is 19.6. The highest BCUT2D eigenvalue weighted by molar-refractivity contribution is 5.85. The van der Waals surface area contributed by atoms with Crippen LogP contribution in [-0.4, -0.2) is 23.2 Å². The Balaban J connectivity index is 0.00000289. The van der Waals surface area contributed by atoms with Crippen LogP contribution >= 0.6 is 0 Å². The van der Waals surface area contributed by atoms with E-state index in [1.54, 1.807) is 24.3 Å². The second-order valence-electron chi connectivity index (χ2n) is 8.02. The van der Waals surface area contributed by atoms with Crippen molar-refractivity contribution in [2.75, 3.05) is 18.0 Å². The number of phenolic OH excluding ortho intramolecular Hbond substituents is 1. The Labute approximate surface area is 210 Å². The maximum Gasteiger partial charge on any atom is 0.239 e. The summed E-state index contributed by atoms with van der Waals surface area (Å²) in [5.41, 5.74) is 7.45. The summed E-state index contributed by atoms with van der Waals surface area (Å²) >= 11 is 0. The van der Waals surface area contributed by atoms with Gasteiger partial charge >= 0.3 is 0 Å². The van der Waals surface area contributed by atoms with Crippen molar-refractivity contribution in [3.63, 3.8) is 0 Å². The predicted molar refractivity (Wildman–Crippen MR) is 137 cm³/mol. The first-order chi connectivity index (χ1) is 16.7. The van der Waals surface area contributed by atoms with Crippen LogP contribution in [0, 0.1) is 0 Å². The van der Waals surface area contributed by atoms with Gasteiger partial charge in [0.15, 0.2) is 0 Å². The SMILES string of the molecule is CCN(CC)c1ccc2nc3ccc(N=Nc4ccc(O)cc4)cc3[n+](-c3ccccc3)c2c1.[Cl-]. The number of para-hydroxylation sites is 1. The fourth-order valence-electron chi connectivity index (χ4n) is 4.17. The molecule has 0 radical (unpaired) electrons. The van der Waals surface area contributed by atoms with E-state index in [4.69, 9.17) is 4.98 Å². The number of hydrogen-bond donors (Lipinski definition) is 1. The zero-order chi connectivity index (χ0) is 23.5. The van der Waals surface area contributed by atoms with Gasteiger partial charge in [0.2, 0.25) is 16.7 Å². The summed E-state index contributed by atoms with van der Waals surface area (Å²) in [6.45, 7) is 6.22. The third-order valence-electron chi connectivity index (χ3n) is 5.91. The van der Waals surface area contributed by atoms with Crippen LogP contribution < -0.4 is 21.9 Å². The third-order valence-corrected chi connectivity index (χ3v) is 5.91. The largest absolute Gasteiger partial charge is 1.00 e. The summed E-state index contributed by atoms with van der Waals surface area (Å²) in [4.78, 5) is 7.28. The number of aromatic hydroxyl groups is 1. The Morgan fingerprint density at radius 3 is 2.03 bits per heavy atom. The van der Waals surface area contributed by atoms with Crippen LogP contribution in [-0.2, 0) is 0 Å². The fraction of sp³-hybridized carbons (Fsp3) is 0.143. The van der Waals surface area contributed by atoms with Gasteiger partial charge < -0.3 is 22.4 Å². The molecule has 0 aliphatic rings. The van der Waals surface area contributed by atoms with Crippen LogP contribution in [0.2, 0.25) is 0 Å². The van der Waals surface area contributed by atoms with Crippen LogP contribution in [0.4, 0.5) is 17.1 Å². The van der Waals surface area contributed by atoms with E-state index in [-0.39, 0.29) is 18.2 Å². The van der Waals surface area contributed by atoms with Crippen molar-refractivity contribution in [3.05, 3.63) is 91.0 Å². The molecule has 0 saturated carbocycles. The normalized spacial score (nSPS) is 11.1. The number of nitrogens with zero attached hydrogens (tertiary/aromatic N) is 5. The molecule has 6 nitrogen and oxygen atoms in total. The minimum Gasteiger partial charge on any atom is -1.00 e. The Morgan fingerprint density at radius 1 is 0.743 bits per heavy atom. The molecule has 1 N–H and O–H groups in total. The van der Waals surface area contributed by atoms with Crippen molar-refractivity contribution in [2.45, 2.75) is 13.8 Å². The van der Waals surface area contributed by atoms with Gasteiger partial charge in [0.25, 0.3) is 0 Å². The second-order valence-corrected chi connectivity index (χ2v) is 8.02. The minimum absolute atomic E-state index is 0. The number of halogens is 1. The highest BCUT2D eigenvalue weighted by atomic mass is 35.5. The van der Waals surface area contributed by atoms with Gasteiger partial charge in [-0.25, -0.2) is 4.98 Å². The number of azo groups is 1. The van der Waals surface area contributed by atoms with Crippen LogP contribution in [0.3, 0.4) is 0 Å². The first kappa shape index (κ1) is 24.1. The van der Waals surface area contributed by atoms with E-state index in [9.17, 15) is 5.11 Å². The van der Waals surface area contributed by atoms with Gasteiger partial charge in [0.05, 0.1) is 11.4 Å². The molecule has 0 atom stereocenters. The molecule has 35 heavy (non-hydrogen) atoms. The molecule has 5 rings (SSSR count). The molecule has 0 amide bonds. The van der Waals surface area contributed by atoms with E-state index < -0.39 is 0 Å². The molecule has 4 aromatic carbocycles. The van der Waals surface area contributed by atoms with Gasteiger partial charge in [0, 0.05) is 43.0 Å². The maximum absolute atomic E-state index is 9.49. The van der Waals surface area contributed by atoms with E-state index in [0.29, 0.717) is 5.69 Å². The number of aromatic nitrogens is 2. The molecule has 0 aliphatic heterocycles. The number of fused-ring (bicyclic) bond motifs is 2. The van der Waals surface area contributed by atoms with Crippen molar-refractivity contribution in [1.82, 2.24) is 4.98 Å². The highest BCUT2D eigenvalue weighted by Gasteiger charge is 2.21. The van der Waals surface area contributed by atoms with Crippen LogP contribution in [0.25, 0.3) is 27.8 Å². The van der Waals surface area contributed by atoms with E-state index in [2.05, 4.69) is 63.9 Å². The lowest BCUT2D eigenvalue weighted by atomic mass is 10.1. The quantitative estimate of drug-likeness (QED) is 0.228. The lowest BCUT2D eigenvalue weighted by Gasteiger charge is -2.20. The molecule has 1 heterocycles. The van der Waals surface area contributed by atoms with Crippen molar-refractivity contribution >= 4 is 39.1 Å². The average Bonchev–Trinajstić information content (AvgIpc) is 2.88. The van der Waals surface area contributed by atoms with Crippen molar-refractivity contribution < 1.29 is 22.1 Å². The van der Waals surface area contributed by atoms with E-state index in [1.807, 2.05) is 36.4 Å². The number of hydrogen-bond acceptors (Lipinski definition) is 5. The molecular weight excluding hydrogens is 458 g/mol. The Morgan fingerprint density at radius 2 is 1.34 bits per heavy atom. The molecule has 0 unspecified atom stereocenters. The van der Waals surface area contributed by atoms with Gasteiger partial charge in [-0.15, -0.1) is 4.57 Å². The summed E-state index contributed by atoms with van der Waals surface area (Å²) in [7, 11) is 0. The molecule has 0 bridgehead atoms. The molecule has 0 saturated heterocycles. The van der Waals surface area contributed by atoms with Crippen molar-refractivity contribution in [3.8, 4) is 11.4 Å². The van der Waals surface area contributed by atoms with Gasteiger partial charge in [-0.2, -0.15) is 10.2 Å². The Bertz CT molecular complexity index is 1480. The zero-order valence-corrected chi connectivity index (χ0v) is 20.4. The molecule has 1 aromatic heterocycles. The summed E-state index contributed by atoms with van der Waals surface area (Å²) in [6, 6.07) is 29.4. The molecule has 5 aromatic rings. The number of rotatable bonds is 6. The molecule has 0 fully saturated rings. The van der Waals surface area contributed by atoms with Crippen LogP contribution in [0.1, 0.15) is 13.8 Å². The Kier molecular flexibility index (Phi) is 7.22. The first-order valence-corrected chi connectivity index (χ1v) is 11.5. The van der Waals surface area contributed by atoms with Gasteiger partial charge in [-0.05, 0) is 62.4 Å². The number of anilines is 1. The monoisotopic (exact) mass is 483 g/mol. The van der Waals surface area contributed by atoms with E-state index in [0.717, 1.165) is 46.5 Å². The van der Waals surface area contributed by atoms with Crippen molar-refractivity contribution in [2.24, 2.45) is 10.2 Å². The smallest absolute Gasteiger partial charge is 0.239 e. The van der Waals surface area contributed by atoms with Gasteiger partial charge in [-0.3, -0.25) is 0 Å². The van der Waals surface area contributed by atoms with Crippen LogP contribution in [0.5, 0.6) is 5.75 Å². The number of phenols is 1. The summed E-state index contributed by atoms with van der Waals surface area (Å²) in [5.74, 6) is 0.204. The molecule has 0 spiro atoms. The second kappa shape index (κ2) is 10.5. The maximum atomic E-state index is 9.49. The highest BCUT2D eigenvalue weighted by Crippen LogP contribution is 2.26. The lowest BCUT2D eigenvalue weighted by Crippen LogP contribution is -3.00.